The molecule has 0 saturated carbocycles. The van der Waals surface area contributed by atoms with E-state index in [0.717, 1.165) is 38.3 Å². The average molecular weight is 422 g/mol. The molecule has 2 heterocycles. The number of rotatable bonds is 6. The maximum atomic E-state index is 12.8. The zero-order chi connectivity index (χ0) is 20.2. The number of amides is 1. The highest BCUT2D eigenvalue weighted by Crippen LogP contribution is 2.28. The molecule has 4 aromatic rings. The summed E-state index contributed by atoms with van der Waals surface area (Å²) >= 11 is 3.19. The first kappa shape index (κ1) is 19.4. The number of carbonyl (C=O) groups is 1. The Morgan fingerprint density at radius 3 is 2.62 bits per heavy atom. The van der Waals surface area contributed by atoms with Crippen LogP contribution in [0.2, 0.25) is 0 Å². The van der Waals surface area contributed by atoms with E-state index in [4.69, 9.17) is 4.52 Å². The lowest BCUT2D eigenvalue weighted by Crippen LogP contribution is -2.12. The third-order valence-corrected chi connectivity index (χ3v) is 6.12. The summed E-state index contributed by atoms with van der Waals surface area (Å²) < 4.78 is 5.11. The molecular formula is C22H19N3O2S2. The average Bonchev–Trinajstić information content (AvgIpc) is 3.35. The van der Waals surface area contributed by atoms with Crippen LogP contribution in [0.1, 0.15) is 26.8 Å². The van der Waals surface area contributed by atoms with Crippen molar-refractivity contribution in [2.45, 2.75) is 24.5 Å². The van der Waals surface area contributed by atoms with E-state index in [9.17, 15) is 4.79 Å². The van der Waals surface area contributed by atoms with Gasteiger partial charge in [0.25, 0.3) is 5.91 Å². The normalized spacial score (nSPS) is 10.8. The zero-order valence-corrected chi connectivity index (χ0v) is 17.6. The van der Waals surface area contributed by atoms with Gasteiger partial charge in [-0.3, -0.25) is 4.79 Å². The van der Waals surface area contributed by atoms with Crippen LogP contribution in [0.4, 0.5) is 5.69 Å². The van der Waals surface area contributed by atoms with Crippen molar-refractivity contribution < 1.29 is 9.32 Å². The summed E-state index contributed by atoms with van der Waals surface area (Å²) in [5.41, 5.74) is 4.23. The molecule has 0 spiro atoms. The van der Waals surface area contributed by atoms with E-state index >= 15 is 0 Å². The van der Waals surface area contributed by atoms with E-state index in [-0.39, 0.29) is 5.91 Å². The Morgan fingerprint density at radius 1 is 1.14 bits per heavy atom. The molecule has 0 aliphatic carbocycles. The number of nitrogens with zero attached hydrogens (tertiary/aromatic N) is 2. The number of carbonyl (C=O) groups excluding carboxylic acids is 1. The smallest absolute Gasteiger partial charge is 0.256 e. The van der Waals surface area contributed by atoms with E-state index in [0.29, 0.717) is 11.3 Å². The lowest BCUT2D eigenvalue weighted by molar-refractivity contribution is 0.102. The predicted octanol–water partition coefficient (Wildman–Crippen LogP) is 5.96. The van der Waals surface area contributed by atoms with Gasteiger partial charge in [-0.25, -0.2) is 4.98 Å². The van der Waals surface area contributed by atoms with Crippen LogP contribution in [0, 0.1) is 13.8 Å². The molecule has 7 heteroatoms. The molecule has 2 aromatic heterocycles. The number of nitrogens with one attached hydrogen (secondary N) is 1. The number of hydrogen-bond acceptors (Lipinski definition) is 6. The Bertz CT molecular complexity index is 1130. The molecule has 0 aliphatic rings. The Hall–Kier alpha value is -2.90. The maximum absolute atomic E-state index is 12.8. The Kier molecular flexibility index (Phi) is 5.78. The zero-order valence-electron chi connectivity index (χ0n) is 16.0. The number of benzene rings is 2. The van der Waals surface area contributed by atoms with Crippen LogP contribution in [0.15, 0.2) is 69.4 Å². The Labute approximate surface area is 177 Å². The summed E-state index contributed by atoms with van der Waals surface area (Å²) in [5, 5.41) is 10.1. The van der Waals surface area contributed by atoms with Crippen molar-refractivity contribution >= 4 is 34.7 Å². The first-order valence-electron chi connectivity index (χ1n) is 9.06. The molecule has 4 rings (SSSR count). The number of thioether (sulfide) groups is 1. The molecule has 0 unspecified atom stereocenters. The van der Waals surface area contributed by atoms with E-state index in [1.165, 1.54) is 0 Å². The molecule has 2 aromatic carbocycles. The van der Waals surface area contributed by atoms with Gasteiger partial charge in [-0.2, -0.15) is 0 Å². The van der Waals surface area contributed by atoms with E-state index in [1.807, 2.05) is 73.8 Å². The Balaban J connectivity index is 1.45. The summed E-state index contributed by atoms with van der Waals surface area (Å²) in [6, 6.07) is 17.2. The van der Waals surface area contributed by atoms with Crippen molar-refractivity contribution in [3.8, 4) is 11.3 Å². The highest BCUT2D eigenvalue weighted by Gasteiger charge is 2.13. The van der Waals surface area contributed by atoms with Gasteiger partial charge in [0.05, 0.1) is 22.0 Å². The second-order valence-electron chi connectivity index (χ2n) is 6.50. The molecule has 146 valence electrons. The van der Waals surface area contributed by atoms with Crippen LogP contribution in [0.3, 0.4) is 0 Å². The molecule has 5 nitrogen and oxygen atoms in total. The molecule has 0 aliphatic heterocycles. The summed E-state index contributed by atoms with van der Waals surface area (Å²) in [6.07, 6.45) is 0. The van der Waals surface area contributed by atoms with Crippen molar-refractivity contribution in [3.63, 3.8) is 0 Å². The van der Waals surface area contributed by atoms with Gasteiger partial charge in [-0.1, -0.05) is 29.4 Å². The van der Waals surface area contributed by atoms with Crippen molar-refractivity contribution in [2.75, 3.05) is 5.32 Å². The fraction of sp³-hybridized carbons (Fsp3) is 0.136. The minimum Gasteiger partial charge on any atom is -0.361 e. The fourth-order valence-corrected chi connectivity index (χ4v) is 4.39. The summed E-state index contributed by atoms with van der Waals surface area (Å²) in [7, 11) is 0. The van der Waals surface area contributed by atoms with Crippen LogP contribution in [-0.2, 0) is 5.75 Å². The molecule has 0 radical (unpaired) electrons. The first-order chi connectivity index (χ1) is 14.1. The van der Waals surface area contributed by atoms with Crippen molar-refractivity contribution in [1.82, 2.24) is 10.1 Å². The molecule has 1 amide bonds. The highest BCUT2D eigenvalue weighted by atomic mass is 32.2. The van der Waals surface area contributed by atoms with Gasteiger partial charge in [0.1, 0.15) is 5.76 Å². The van der Waals surface area contributed by atoms with Gasteiger partial charge in [0.2, 0.25) is 0 Å². The number of aromatic nitrogens is 2. The van der Waals surface area contributed by atoms with Crippen LogP contribution in [-0.4, -0.2) is 16.0 Å². The molecule has 29 heavy (non-hydrogen) atoms. The van der Waals surface area contributed by atoms with E-state index in [1.54, 1.807) is 23.1 Å². The second-order valence-corrected chi connectivity index (χ2v) is 8.58. The number of hydrogen-bond donors (Lipinski definition) is 1. The van der Waals surface area contributed by atoms with E-state index in [2.05, 4.69) is 15.5 Å². The summed E-state index contributed by atoms with van der Waals surface area (Å²) in [5.74, 6) is 1.29. The molecule has 1 N–H and O–H groups in total. The predicted molar refractivity (Wildman–Crippen MR) is 117 cm³/mol. The van der Waals surface area contributed by atoms with Gasteiger partial charge >= 0.3 is 0 Å². The largest absolute Gasteiger partial charge is 0.361 e. The topological polar surface area (TPSA) is 68.0 Å². The van der Waals surface area contributed by atoms with Gasteiger partial charge in [0, 0.05) is 33.3 Å². The lowest BCUT2D eigenvalue weighted by Gasteiger charge is -2.10. The minimum atomic E-state index is -0.137. The summed E-state index contributed by atoms with van der Waals surface area (Å²) in [4.78, 5) is 18.2. The van der Waals surface area contributed by atoms with Gasteiger partial charge in [-0.05, 0) is 38.1 Å². The molecule has 0 saturated heterocycles. The first-order valence-corrected chi connectivity index (χ1v) is 10.9. The Morgan fingerprint density at radius 2 is 1.93 bits per heavy atom. The fourth-order valence-electron chi connectivity index (χ4n) is 2.84. The highest BCUT2D eigenvalue weighted by molar-refractivity contribution is 7.98. The monoisotopic (exact) mass is 421 g/mol. The molecule has 0 atom stereocenters. The molecular weight excluding hydrogens is 402 g/mol. The van der Waals surface area contributed by atoms with Gasteiger partial charge < -0.3 is 9.84 Å². The molecule has 0 bridgehead atoms. The third kappa shape index (κ3) is 4.75. The molecule has 0 fully saturated rings. The lowest BCUT2D eigenvalue weighted by atomic mass is 10.1. The van der Waals surface area contributed by atoms with Gasteiger partial charge in [0.15, 0.2) is 0 Å². The maximum Gasteiger partial charge on any atom is 0.256 e. The van der Waals surface area contributed by atoms with Crippen LogP contribution in [0.5, 0.6) is 0 Å². The van der Waals surface area contributed by atoms with Crippen LogP contribution < -0.4 is 5.32 Å². The van der Waals surface area contributed by atoms with Gasteiger partial charge in [-0.15, -0.1) is 23.1 Å². The van der Waals surface area contributed by atoms with Crippen molar-refractivity contribution in [1.29, 1.82) is 0 Å². The van der Waals surface area contributed by atoms with Crippen LogP contribution in [0.25, 0.3) is 11.3 Å². The van der Waals surface area contributed by atoms with Crippen LogP contribution >= 0.6 is 23.1 Å². The quantitative estimate of drug-likeness (QED) is 0.389. The third-order valence-electron chi connectivity index (χ3n) is 4.24. The SMILES string of the molecule is Cc1cc(CSc2ccccc2C(=O)Nc2ccc(-c3csc(C)n3)cc2)no1. The van der Waals surface area contributed by atoms with E-state index < -0.39 is 0 Å². The second kappa shape index (κ2) is 8.63. The number of anilines is 1. The number of thiazole rings is 1. The van der Waals surface area contributed by atoms with Crippen molar-refractivity contribution in [2.24, 2.45) is 0 Å². The standard InChI is InChI=1S/C22H19N3O2S2/c1-14-11-18(25-27-14)12-29-21-6-4-3-5-19(21)22(26)24-17-9-7-16(8-10-17)20-13-28-15(2)23-20/h3-11,13H,12H2,1-2H3,(H,24,26). The summed E-state index contributed by atoms with van der Waals surface area (Å²) in [6.45, 7) is 3.85. The minimum absolute atomic E-state index is 0.137. The number of aryl methyl sites for hydroxylation is 2. The van der Waals surface area contributed by atoms with Crippen molar-refractivity contribution in [3.05, 3.63) is 82.0 Å².